The molecule has 5 nitrogen and oxygen atoms in total. The third-order valence-electron chi connectivity index (χ3n) is 3.64. The van der Waals surface area contributed by atoms with E-state index >= 15 is 0 Å². The predicted molar refractivity (Wildman–Crippen MR) is 73.6 cm³/mol. The second-order valence-corrected chi connectivity index (χ2v) is 5.12. The number of aromatic hydroxyl groups is 3. The van der Waals surface area contributed by atoms with Gasteiger partial charge in [0.2, 0.25) is 5.75 Å². The molecule has 1 aromatic rings. The zero-order valence-electron chi connectivity index (χ0n) is 11.2. The highest BCUT2D eigenvalue weighted by atomic mass is 16.3. The van der Waals surface area contributed by atoms with E-state index in [1.165, 1.54) is 24.8 Å². The first-order chi connectivity index (χ1) is 9.00. The minimum atomic E-state index is -0.510. The Labute approximate surface area is 112 Å². The third kappa shape index (κ3) is 2.75. The van der Waals surface area contributed by atoms with E-state index in [0.29, 0.717) is 17.6 Å². The second-order valence-electron chi connectivity index (χ2n) is 5.12. The smallest absolute Gasteiger partial charge is 0.200 e. The number of hydrazone groups is 1. The molecule has 0 saturated carbocycles. The van der Waals surface area contributed by atoms with Crippen LogP contribution in [-0.2, 0) is 0 Å². The highest BCUT2D eigenvalue weighted by molar-refractivity contribution is 5.85. The van der Waals surface area contributed by atoms with Crippen LogP contribution in [0.4, 0.5) is 0 Å². The Bertz CT molecular complexity index is 478. The molecule has 5 heteroatoms. The van der Waals surface area contributed by atoms with Crippen molar-refractivity contribution < 1.29 is 15.3 Å². The van der Waals surface area contributed by atoms with Gasteiger partial charge in [-0.15, -0.1) is 0 Å². The minimum Gasteiger partial charge on any atom is -0.504 e. The van der Waals surface area contributed by atoms with Gasteiger partial charge in [-0.2, -0.15) is 5.10 Å². The first-order valence-corrected chi connectivity index (χ1v) is 6.57. The number of phenols is 3. The minimum absolute atomic E-state index is 0.339. The highest BCUT2D eigenvalue weighted by Gasteiger charge is 2.22. The number of benzene rings is 1. The van der Waals surface area contributed by atoms with Crippen LogP contribution in [0.1, 0.15) is 38.7 Å². The van der Waals surface area contributed by atoms with E-state index in [2.05, 4.69) is 18.9 Å². The molecule has 19 heavy (non-hydrogen) atoms. The molecule has 0 aliphatic carbocycles. The Balaban J connectivity index is 2.20. The Kier molecular flexibility index (Phi) is 3.83. The van der Waals surface area contributed by atoms with Crippen LogP contribution in [0.3, 0.4) is 0 Å². The number of piperidine rings is 1. The van der Waals surface area contributed by atoms with Crippen molar-refractivity contribution in [1.82, 2.24) is 5.01 Å². The first-order valence-electron chi connectivity index (χ1n) is 6.57. The molecule has 0 aromatic heterocycles. The van der Waals surface area contributed by atoms with Crippen LogP contribution in [0.25, 0.3) is 0 Å². The van der Waals surface area contributed by atoms with Gasteiger partial charge in [0.25, 0.3) is 0 Å². The first kappa shape index (κ1) is 13.5. The summed E-state index contributed by atoms with van der Waals surface area (Å²) in [6.07, 6.45) is 4.94. The largest absolute Gasteiger partial charge is 0.504 e. The fraction of sp³-hybridized carbons (Fsp3) is 0.500. The second kappa shape index (κ2) is 5.38. The van der Waals surface area contributed by atoms with Gasteiger partial charge in [-0.25, -0.2) is 0 Å². The van der Waals surface area contributed by atoms with Crippen molar-refractivity contribution in [2.24, 2.45) is 5.10 Å². The van der Waals surface area contributed by atoms with E-state index in [9.17, 15) is 15.3 Å². The van der Waals surface area contributed by atoms with Gasteiger partial charge in [0, 0.05) is 17.6 Å². The molecule has 1 aliphatic heterocycles. The summed E-state index contributed by atoms with van der Waals surface area (Å²) in [5, 5.41) is 34.9. The lowest BCUT2D eigenvalue weighted by Crippen LogP contribution is -2.39. The molecule has 0 amide bonds. The number of hydrogen-bond donors (Lipinski definition) is 3. The monoisotopic (exact) mass is 264 g/mol. The summed E-state index contributed by atoms with van der Waals surface area (Å²) in [6.45, 7) is 4.25. The molecule has 1 aromatic carbocycles. The molecule has 0 spiro atoms. The molecule has 2 unspecified atom stereocenters. The Hall–Kier alpha value is -1.91. The van der Waals surface area contributed by atoms with Crippen molar-refractivity contribution in [3.05, 3.63) is 17.7 Å². The summed E-state index contributed by atoms with van der Waals surface area (Å²) in [7, 11) is 0. The molecule has 0 bridgehead atoms. The van der Waals surface area contributed by atoms with Gasteiger partial charge in [0.1, 0.15) is 0 Å². The van der Waals surface area contributed by atoms with Crippen LogP contribution in [0, 0.1) is 0 Å². The molecule has 1 heterocycles. The molecule has 2 atom stereocenters. The van der Waals surface area contributed by atoms with E-state index in [0.717, 1.165) is 12.8 Å². The van der Waals surface area contributed by atoms with Gasteiger partial charge in [-0.1, -0.05) is 0 Å². The van der Waals surface area contributed by atoms with Crippen LogP contribution >= 0.6 is 0 Å². The van der Waals surface area contributed by atoms with E-state index in [4.69, 9.17) is 0 Å². The van der Waals surface area contributed by atoms with Crippen molar-refractivity contribution in [2.75, 3.05) is 0 Å². The summed E-state index contributed by atoms with van der Waals surface area (Å²) in [4.78, 5) is 0. The molecule has 2 rings (SSSR count). The molecule has 1 saturated heterocycles. The Morgan fingerprint density at radius 3 is 2.37 bits per heavy atom. The van der Waals surface area contributed by atoms with Gasteiger partial charge in [-0.05, 0) is 45.2 Å². The van der Waals surface area contributed by atoms with Crippen molar-refractivity contribution in [2.45, 2.75) is 45.2 Å². The fourth-order valence-electron chi connectivity index (χ4n) is 2.45. The van der Waals surface area contributed by atoms with Crippen molar-refractivity contribution in [3.8, 4) is 17.2 Å². The standard InChI is InChI=1S/C14H20N2O3/c1-9-4-3-5-10(2)16(9)15-8-11-6-7-12(17)14(19)13(11)18/h6-10,17-19H,3-5H2,1-2H3. The summed E-state index contributed by atoms with van der Waals surface area (Å²) in [6, 6.07) is 3.59. The van der Waals surface area contributed by atoms with Crippen LogP contribution in [0.5, 0.6) is 17.2 Å². The van der Waals surface area contributed by atoms with E-state index in [-0.39, 0.29) is 11.5 Å². The number of rotatable bonds is 2. The lowest BCUT2D eigenvalue weighted by Gasteiger charge is -2.36. The van der Waals surface area contributed by atoms with Crippen LogP contribution in [-0.4, -0.2) is 38.6 Å². The predicted octanol–water partition coefficient (Wildman–Crippen LogP) is 2.40. The van der Waals surface area contributed by atoms with Crippen LogP contribution in [0.15, 0.2) is 17.2 Å². The lowest BCUT2D eigenvalue weighted by molar-refractivity contribution is 0.109. The SMILES string of the molecule is CC1CCCC(C)N1N=Cc1ccc(O)c(O)c1O. The highest BCUT2D eigenvalue weighted by Crippen LogP contribution is 2.36. The van der Waals surface area contributed by atoms with Crippen molar-refractivity contribution in [1.29, 1.82) is 0 Å². The zero-order valence-corrected chi connectivity index (χ0v) is 11.2. The van der Waals surface area contributed by atoms with Crippen molar-refractivity contribution in [3.63, 3.8) is 0 Å². The van der Waals surface area contributed by atoms with Crippen LogP contribution < -0.4 is 0 Å². The molecule has 104 valence electrons. The lowest BCUT2D eigenvalue weighted by atomic mass is 10.00. The zero-order chi connectivity index (χ0) is 14.0. The molecular formula is C14H20N2O3. The summed E-state index contributed by atoms with van der Waals surface area (Å²) in [5.74, 6) is -1.20. The molecule has 1 aliphatic rings. The van der Waals surface area contributed by atoms with Gasteiger partial charge in [0.05, 0.1) is 6.21 Å². The normalized spacial score (nSPS) is 24.0. The van der Waals surface area contributed by atoms with Crippen LogP contribution in [0.2, 0.25) is 0 Å². The van der Waals surface area contributed by atoms with E-state index < -0.39 is 5.75 Å². The maximum absolute atomic E-state index is 9.72. The van der Waals surface area contributed by atoms with Gasteiger partial charge in [-0.3, -0.25) is 5.01 Å². The van der Waals surface area contributed by atoms with Gasteiger partial charge < -0.3 is 15.3 Å². The maximum Gasteiger partial charge on any atom is 0.200 e. The van der Waals surface area contributed by atoms with Crippen molar-refractivity contribution >= 4 is 6.21 Å². The number of phenolic OH excluding ortho intramolecular Hbond substituents is 3. The Morgan fingerprint density at radius 1 is 1.11 bits per heavy atom. The maximum atomic E-state index is 9.72. The van der Waals surface area contributed by atoms with E-state index in [1.54, 1.807) is 0 Å². The fourth-order valence-corrected chi connectivity index (χ4v) is 2.45. The molecule has 0 radical (unpaired) electrons. The third-order valence-corrected chi connectivity index (χ3v) is 3.64. The Morgan fingerprint density at radius 2 is 1.74 bits per heavy atom. The number of hydrogen-bond acceptors (Lipinski definition) is 5. The van der Waals surface area contributed by atoms with Gasteiger partial charge in [0.15, 0.2) is 11.5 Å². The topological polar surface area (TPSA) is 76.3 Å². The molecule has 3 N–H and O–H groups in total. The average molecular weight is 264 g/mol. The average Bonchev–Trinajstić information content (AvgIpc) is 2.38. The van der Waals surface area contributed by atoms with Gasteiger partial charge >= 0.3 is 0 Å². The molecular weight excluding hydrogens is 244 g/mol. The number of nitrogens with zero attached hydrogens (tertiary/aromatic N) is 2. The summed E-state index contributed by atoms with van der Waals surface area (Å²) in [5.41, 5.74) is 0.389. The summed E-state index contributed by atoms with van der Waals surface area (Å²) >= 11 is 0. The molecule has 1 fully saturated rings. The van der Waals surface area contributed by atoms with E-state index in [1.807, 2.05) is 5.01 Å². The summed E-state index contributed by atoms with van der Waals surface area (Å²) < 4.78 is 0. The quantitative estimate of drug-likeness (QED) is 0.566.